The molecule has 1 aliphatic heterocycles. The fourth-order valence-corrected chi connectivity index (χ4v) is 5.85. The van der Waals surface area contributed by atoms with Crippen LogP contribution in [-0.2, 0) is 19.4 Å². The van der Waals surface area contributed by atoms with Crippen molar-refractivity contribution in [2.24, 2.45) is 0 Å². The molecule has 164 valence electrons. The maximum atomic E-state index is 13.5. The van der Waals surface area contributed by atoms with Crippen LogP contribution in [0.3, 0.4) is 0 Å². The molecule has 0 aliphatic carbocycles. The molecular formula is C25H24N2O4S. The summed E-state index contributed by atoms with van der Waals surface area (Å²) in [4.78, 5) is 27.4. The maximum absolute atomic E-state index is 13.5. The van der Waals surface area contributed by atoms with Gasteiger partial charge < -0.3 is 10.2 Å². The molecule has 0 fully saturated rings. The molecule has 0 bridgehead atoms. The lowest BCUT2D eigenvalue weighted by atomic mass is 10.1. The van der Waals surface area contributed by atoms with Gasteiger partial charge in [0.1, 0.15) is 6.54 Å². The number of hydrogen-bond donors (Lipinski definition) is 1. The van der Waals surface area contributed by atoms with Gasteiger partial charge in [-0.1, -0.05) is 54.6 Å². The van der Waals surface area contributed by atoms with Gasteiger partial charge in [-0.3, -0.25) is 9.59 Å². The summed E-state index contributed by atoms with van der Waals surface area (Å²) < 4.78 is 27.0. The van der Waals surface area contributed by atoms with Crippen LogP contribution in [0.25, 0.3) is 0 Å². The zero-order valence-corrected chi connectivity index (χ0v) is 18.7. The highest BCUT2D eigenvalue weighted by Crippen LogP contribution is 2.40. The Balaban J connectivity index is 1.70. The quantitative estimate of drug-likeness (QED) is 0.649. The number of rotatable bonds is 4. The van der Waals surface area contributed by atoms with Gasteiger partial charge in [0.2, 0.25) is 11.8 Å². The minimum absolute atomic E-state index is 0.0549. The standard InChI is InChI=1S/C25H24N2O4S/c1-17-12-13-18(2)20(14-17)26-24(28)16-27-21-10-6-7-11-22(21)32(30,31)23(15-25(27)29)19-8-4-3-5-9-19/h3-14,23H,15-16H2,1-2H3,(H,26,28)/t23-/m1/s1. The lowest BCUT2D eigenvalue weighted by Gasteiger charge is -2.22. The highest BCUT2D eigenvalue weighted by atomic mass is 32.2. The first-order valence-corrected chi connectivity index (χ1v) is 11.9. The Morgan fingerprint density at radius 2 is 1.69 bits per heavy atom. The van der Waals surface area contributed by atoms with Crippen molar-refractivity contribution in [3.8, 4) is 0 Å². The number of sulfone groups is 1. The molecule has 7 heteroatoms. The monoisotopic (exact) mass is 448 g/mol. The predicted octanol–water partition coefficient (Wildman–Crippen LogP) is 4.19. The number of nitrogens with zero attached hydrogens (tertiary/aromatic N) is 1. The molecule has 4 rings (SSSR count). The Kier molecular flexibility index (Phi) is 5.84. The van der Waals surface area contributed by atoms with E-state index in [2.05, 4.69) is 5.32 Å². The van der Waals surface area contributed by atoms with E-state index in [0.717, 1.165) is 11.1 Å². The summed E-state index contributed by atoms with van der Waals surface area (Å²) in [5.74, 6) is -0.805. The fourth-order valence-electron chi connectivity index (χ4n) is 3.93. The lowest BCUT2D eigenvalue weighted by Crippen LogP contribution is -2.38. The van der Waals surface area contributed by atoms with Crippen LogP contribution in [0.1, 0.15) is 28.4 Å². The number of anilines is 2. The summed E-state index contributed by atoms with van der Waals surface area (Å²) in [5, 5.41) is 1.84. The first-order chi connectivity index (χ1) is 15.3. The van der Waals surface area contributed by atoms with E-state index in [1.807, 2.05) is 32.0 Å². The van der Waals surface area contributed by atoms with Crippen LogP contribution < -0.4 is 10.2 Å². The second-order valence-electron chi connectivity index (χ2n) is 7.96. The van der Waals surface area contributed by atoms with Crippen molar-refractivity contribution < 1.29 is 18.0 Å². The summed E-state index contributed by atoms with van der Waals surface area (Å²) in [5.41, 5.74) is 3.35. The van der Waals surface area contributed by atoms with Crippen molar-refractivity contribution in [1.82, 2.24) is 0 Å². The molecule has 1 heterocycles. The molecule has 1 atom stereocenters. The molecule has 0 unspecified atom stereocenters. The van der Waals surface area contributed by atoms with E-state index in [0.29, 0.717) is 11.3 Å². The third-order valence-corrected chi connectivity index (χ3v) is 7.78. The van der Waals surface area contributed by atoms with Crippen LogP contribution in [0.4, 0.5) is 11.4 Å². The first kappa shape index (κ1) is 21.8. The van der Waals surface area contributed by atoms with E-state index in [4.69, 9.17) is 0 Å². The summed E-state index contributed by atoms with van der Waals surface area (Å²) in [6.45, 7) is 3.54. The molecule has 1 N–H and O–H groups in total. The van der Waals surface area contributed by atoms with Gasteiger partial charge in [0, 0.05) is 12.1 Å². The van der Waals surface area contributed by atoms with Crippen molar-refractivity contribution in [2.45, 2.75) is 30.4 Å². The van der Waals surface area contributed by atoms with Crippen molar-refractivity contribution in [1.29, 1.82) is 0 Å². The van der Waals surface area contributed by atoms with Crippen molar-refractivity contribution in [2.75, 3.05) is 16.8 Å². The third kappa shape index (κ3) is 4.16. The Morgan fingerprint density at radius 1 is 1.00 bits per heavy atom. The van der Waals surface area contributed by atoms with Gasteiger partial charge >= 0.3 is 0 Å². The predicted molar refractivity (Wildman–Crippen MR) is 124 cm³/mol. The Bertz CT molecular complexity index is 1290. The number of aryl methyl sites for hydroxylation is 2. The minimum atomic E-state index is -3.84. The van der Waals surface area contributed by atoms with E-state index >= 15 is 0 Å². The summed E-state index contributed by atoms with van der Waals surface area (Å²) in [6.07, 6.45) is -0.238. The van der Waals surface area contributed by atoms with Crippen LogP contribution >= 0.6 is 0 Å². The van der Waals surface area contributed by atoms with Crippen molar-refractivity contribution >= 4 is 33.0 Å². The van der Waals surface area contributed by atoms with Gasteiger partial charge in [0.15, 0.2) is 9.84 Å². The largest absolute Gasteiger partial charge is 0.324 e. The number of hydrogen-bond acceptors (Lipinski definition) is 4. The molecule has 0 aromatic heterocycles. The average molecular weight is 449 g/mol. The zero-order valence-electron chi connectivity index (χ0n) is 17.9. The molecule has 32 heavy (non-hydrogen) atoms. The molecule has 1 aliphatic rings. The number of carbonyl (C=O) groups excluding carboxylic acids is 2. The van der Waals surface area contributed by atoms with Crippen LogP contribution in [0.2, 0.25) is 0 Å². The molecule has 3 aromatic rings. The highest BCUT2D eigenvalue weighted by Gasteiger charge is 2.39. The van der Waals surface area contributed by atoms with E-state index in [9.17, 15) is 18.0 Å². The topological polar surface area (TPSA) is 83.6 Å². The number of fused-ring (bicyclic) bond motifs is 1. The summed E-state index contributed by atoms with van der Waals surface area (Å²) in [7, 11) is -3.84. The number of benzene rings is 3. The molecule has 6 nitrogen and oxygen atoms in total. The third-order valence-electron chi connectivity index (χ3n) is 5.64. The van der Waals surface area contributed by atoms with Gasteiger partial charge in [-0.2, -0.15) is 0 Å². The first-order valence-electron chi connectivity index (χ1n) is 10.3. The SMILES string of the molecule is Cc1ccc(C)c(NC(=O)CN2C(=O)C[C@H](c3ccccc3)S(=O)(=O)c3ccccc32)c1. The fraction of sp³-hybridized carbons (Fsp3) is 0.200. The van der Waals surface area contributed by atoms with E-state index in [1.54, 1.807) is 48.5 Å². The smallest absolute Gasteiger partial charge is 0.244 e. The zero-order chi connectivity index (χ0) is 22.9. The van der Waals surface area contributed by atoms with Gasteiger partial charge in [-0.25, -0.2) is 8.42 Å². The number of carbonyl (C=O) groups is 2. The lowest BCUT2D eigenvalue weighted by molar-refractivity contribution is -0.121. The van der Waals surface area contributed by atoms with Crippen molar-refractivity contribution in [3.05, 3.63) is 89.5 Å². The second-order valence-corrected chi connectivity index (χ2v) is 10.1. The van der Waals surface area contributed by atoms with Gasteiger partial charge in [0.25, 0.3) is 0 Å². The Morgan fingerprint density at radius 3 is 2.44 bits per heavy atom. The summed E-state index contributed by atoms with van der Waals surface area (Å²) in [6, 6.07) is 20.8. The molecule has 3 aromatic carbocycles. The average Bonchev–Trinajstić information content (AvgIpc) is 2.85. The van der Waals surface area contributed by atoms with E-state index in [-0.39, 0.29) is 23.5 Å². The minimum Gasteiger partial charge on any atom is -0.324 e. The van der Waals surface area contributed by atoms with Gasteiger partial charge in [-0.05, 0) is 48.7 Å². The van der Waals surface area contributed by atoms with Crippen molar-refractivity contribution in [3.63, 3.8) is 0 Å². The number of amides is 2. The summed E-state index contributed by atoms with van der Waals surface area (Å²) >= 11 is 0. The number of nitrogens with one attached hydrogen (secondary N) is 1. The molecule has 2 amide bonds. The van der Waals surface area contributed by atoms with Gasteiger partial charge in [0.05, 0.1) is 15.8 Å². The maximum Gasteiger partial charge on any atom is 0.244 e. The normalized spacial score (nSPS) is 17.4. The van der Waals surface area contributed by atoms with Gasteiger partial charge in [-0.15, -0.1) is 0 Å². The van der Waals surface area contributed by atoms with E-state index in [1.165, 1.54) is 11.0 Å². The molecular weight excluding hydrogens is 424 g/mol. The molecule has 0 spiro atoms. The van der Waals surface area contributed by atoms with Crippen LogP contribution in [0.5, 0.6) is 0 Å². The molecule has 0 saturated heterocycles. The highest BCUT2D eigenvalue weighted by molar-refractivity contribution is 7.92. The number of para-hydroxylation sites is 1. The van der Waals surface area contributed by atoms with Crippen LogP contribution in [-0.4, -0.2) is 26.8 Å². The Hall–Kier alpha value is -3.45. The molecule has 0 radical (unpaired) electrons. The molecule has 0 saturated carbocycles. The van der Waals surface area contributed by atoms with E-state index < -0.39 is 26.9 Å². The Labute approximate surface area is 187 Å². The second kappa shape index (κ2) is 8.59. The van der Waals surface area contributed by atoms with Crippen LogP contribution in [0, 0.1) is 13.8 Å². The van der Waals surface area contributed by atoms with Crippen LogP contribution in [0.15, 0.2) is 77.7 Å².